The molecule has 0 unspecified atom stereocenters. The summed E-state index contributed by atoms with van der Waals surface area (Å²) in [6, 6.07) is 0. The number of carbonyl (C=O) groups is 3. The molecule has 0 fully saturated rings. The molecule has 51 heavy (non-hydrogen) atoms. The van der Waals surface area contributed by atoms with Gasteiger partial charge in [-0.25, -0.2) is 4.57 Å². The average molecular weight is 733 g/mol. The maximum Gasteiger partial charge on any atom is 0.469 e. The van der Waals surface area contributed by atoms with E-state index in [9.17, 15) is 18.9 Å². The van der Waals surface area contributed by atoms with Crippen molar-refractivity contribution in [2.75, 3.05) is 13.2 Å². The van der Waals surface area contributed by atoms with Crippen molar-refractivity contribution in [1.29, 1.82) is 0 Å². The van der Waals surface area contributed by atoms with Gasteiger partial charge in [-0.05, 0) is 76.7 Å². The molecular formula is C41H65O9P. The highest BCUT2D eigenvalue weighted by Gasteiger charge is 2.23. The highest BCUT2D eigenvalue weighted by atomic mass is 31.2. The first-order valence-corrected chi connectivity index (χ1v) is 20.4. The van der Waals surface area contributed by atoms with Gasteiger partial charge in [-0.15, -0.1) is 0 Å². The second-order valence-corrected chi connectivity index (χ2v) is 13.4. The molecule has 0 amide bonds. The Bertz CT molecular complexity index is 1160. The Morgan fingerprint density at radius 1 is 0.588 bits per heavy atom. The van der Waals surface area contributed by atoms with Gasteiger partial charge in [0.1, 0.15) is 6.61 Å². The van der Waals surface area contributed by atoms with Gasteiger partial charge in [-0.2, -0.15) is 0 Å². The number of rotatable bonds is 33. The fourth-order valence-electron chi connectivity index (χ4n) is 4.57. The number of allylic oxidation sites excluding steroid dienone is 14. The predicted octanol–water partition coefficient (Wildman–Crippen LogP) is 10.5. The maximum atomic E-state index is 12.4. The first-order valence-electron chi connectivity index (χ1n) is 18.8. The Kier molecular flexibility index (Phi) is 33.2. The molecule has 0 aliphatic heterocycles. The predicted molar refractivity (Wildman–Crippen MR) is 207 cm³/mol. The minimum absolute atomic E-state index is 0.0307. The van der Waals surface area contributed by atoms with Gasteiger partial charge in [0.15, 0.2) is 11.9 Å². The summed E-state index contributed by atoms with van der Waals surface area (Å²) in [5, 5.41) is 0. The van der Waals surface area contributed by atoms with Crippen LogP contribution in [0.5, 0.6) is 0 Å². The van der Waals surface area contributed by atoms with Crippen LogP contribution in [-0.4, -0.2) is 46.8 Å². The lowest BCUT2D eigenvalue weighted by Crippen LogP contribution is -2.29. The number of carbonyl (C=O) groups excluding carboxylic acids is 3. The zero-order valence-electron chi connectivity index (χ0n) is 31.2. The number of ether oxygens (including phenoxy) is 2. The summed E-state index contributed by atoms with van der Waals surface area (Å²) < 4.78 is 26.1. The van der Waals surface area contributed by atoms with Gasteiger partial charge in [0.2, 0.25) is 0 Å². The number of hydrogen-bond acceptors (Lipinski definition) is 7. The molecule has 1 atom stereocenters. The molecule has 2 N–H and O–H groups in total. The molecule has 0 rings (SSSR count). The van der Waals surface area contributed by atoms with Gasteiger partial charge in [0.05, 0.1) is 6.61 Å². The first kappa shape index (κ1) is 47.9. The molecule has 288 valence electrons. The van der Waals surface area contributed by atoms with Crippen molar-refractivity contribution in [2.24, 2.45) is 0 Å². The number of ketones is 1. The molecule has 0 aromatic carbocycles. The van der Waals surface area contributed by atoms with Gasteiger partial charge >= 0.3 is 19.8 Å². The van der Waals surface area contributed by atoms with Crippen molar-refractivity contribution in [3.05, 3.63) is 85.1 Å². The van der Waals surface area contributed by atoms with Gasteiger partial charge in [-0.1, -0.05) is 125 Å². The molecule has 0 aromatic heterocycles. The summed E-state index contributed by atoms with van der Waals surface area (Å²) in [5.74, 6) is -1.29. The van der Waals surface area contributed by atoms with E-state index in [-0.39, 0.29) is 31.5 Å². The Hall–Kier alpha value is -3.10. The lowest BCUT2D eigenvalue weighted by atomic mass is 10.1. The van der Waals surface area contributed by atoms with Crippen molar-refractivity contribution >= 4 is 25.5 Å². The fraction of sp³-hybridized carbons (Fsp3) is 0.585. The molecule has 0 radical (unpaired) electrons. The number of phosphoric acid groups is 1. The second-order valence-electron chi connectivity index (χ2n) is 12.2. The van der Waals surface area contributed by atoms with Crippen LogP contribution in [-0.2, 0) is 32.9 Å². The SMILES string of the molecule is CC/C=C\C/C=C\C/C=C\CCCCCCCC(=O)O[C@H](COC(=O)CCCC(=O)/C=C/C=C\C/C=C\C/C=C\CCCCC)COP(=O)(O)O. The van der Waals surface area contributed by atoms with E-state index in [0.29, 0.717) is 6.42 Å². The lowest BCUT2D eigenvalue weighted by Gasteiger charge is -2.18. The van der Waals surface area contributed by atoms with Crippen molar-refractivity contribution in [1.82, 2.24) is 0 Å². The third kappa shape index (κ3) is 38.0. The van der Waals surface area contributed by atoms with Gasteiger partial charge in [0, 0.05) is 19.3 Å². The van der Waals surface area contributed by atoms with E-state index in [4.69, 9.17) is 19.3 Å². The Balaban J connectivity index is 4.23. The van der Waals surface area contributed by atoms with Crippen LogP contribution in [0, 0.1) is 0 Å². The molecule has 0 bridgehead atoms. The van der Waals surface area contributed by atoms with Crippen LogP contribution in [0.4, 0.5) is 0 Å². The average Bonchev–Trinajstić information content (AvgIpc) is 3.09. The fourth-order valence-corrected chi connectivity index (χ4v) is 4.93. The smallest absolute Gasteiger partial charge is 0.462 e. The molecule has 0 saturated carbocycles. The third-order valence-electron chi connectivity index (χ3n) is 7.37. The second kappa shape index (κ2) is 35.3. The Morgan fingerprint density at radius 2 is 1.14 bits per heavy atom. The van der Waals surface area contributed by atoms with E-state index in [1.165, 1.54) is 25.3 Å². The maximum absolute atomic E-state index is 12.4. The molecule has 0 saturated heterocycles. The first-order chi connectivity index (χ1) is 24.7. The molecule has 0 aliphatic carbocycles. The van der Waals surface area contributed by atoms with Crippen LogP contribution in [0.3, 0.4) is 0 Å². The summed E-state index contributed by atoms with van der Waals surface area (Å²) in [7, 11) is -4.82. The summed E-state index contributed by atoms with van der Waals surface area (Å²) in [5.41, 5.74) is 0. The zero-order chi connectivity index (χ0) is 37.7. The Labute approximate surface area is 307 Å². The Morgan fingerprint density at radius 3 is 1.76 bits per heavy atom. The molecule has 0 heterocycles. The zero-order valence-corrected chi connectivity index (χ0v) is 32.1. The van der Waals surface area contributed by atoms with E-state index >= 15 is 0 Å². The van der Waals surface area contributed by atoms with E-state index in [2.05, 4.69) is 79.1 Å². The summed E-state index contributed by atoms with van der Waals surface area (Å²) >= 11 is 0. The van der Waals surface area contributed by atoms with Gasteiger partial charge in [-0.3, -0.25) is 18.9 Å². The van der Waals surface area contributed by atoms with Crippen molar-refractivity contribution < 1.29 is 42.7 Å². The van der Waals surface area contributed by atoms with Crippen molar-refractivity contribution in [3.63, 3.8) is 0 Å². The standard InChI is InChI=1S/C41H65O9P/c1-3-5-7-9-11-13-15-17-18-20-22-24-26-28-30-34-41(44)50-39(37-49-51(45,46)47)36-48-40(43)35-31-33-38(42)32-29-27-25-23-21-19-16-14-12-10-8-6-4-2/h5,7,11-14,17-19,21,25,27,29,32,39H,3-4,6,8-10,15-16,20,22-24,26,28,30-31,33-37H2,1-2H3,(H2,45,46,47)/b7-5-,13-11-,14-12-,18-17-,21-19-,27-25-,32-29+/t39-/m1/s1. The minimum atomic E-state index is -4.82. The normalized spacial score (nSPS) is 13.3. The molecular weight excluding hydrogens is 667 g/mol. The number of unbranched alkanes of at least 4 members (excludes halogenated alkanes) is 8. The van der Waals surface area contributed by atoms with Crippen molar-refractivity contribution in [3.8, 4) is 0 Å². The van der Waals surface area contributed by atoms with E-state index < -0.39 is 39.1 Å². The van der Waals surface area contributed by atoms with Crippen LogP contribution in [0.1, 0.15) is 136 Å². The number of esters is 2. The molecule has 0 aromatic rings. The highest BCUT2D eigenvalue weighted by molar-refractivity contribution is 7.46. The van der Waals surface area contributed by atoms with E-state index in [0.717, 1.165) is 70.6 Å². The monoisotopic (exact) mass is 732 g/mol. The molecule has 9 nitrogen and oxygen atoms in total. The lowest BCUT2D eigenvalue weighted by molar-refractivity contribution is -0.161. The molecule has 0 spiro atoms. The van der Waals surface area contributed by atoms with Crippen molar-refractivity contribution in [2.45, 2.75) is 142 Å². The van der Waals surface area contributed by atoms with Crippen LogP contribution in [0.2, 0.25) is 0 Å². The topological polar surface area (TPSA) is 136 Å². The minimum Gasteiger partial charge on any atom is -0.462 e. The van der Waals surface area contributed by atoms with Crippen LogP contribution < -0.4 is 0 Å². The number of hydrogen-bond donors (Lipinski definition) is 2. The van der Waals surface area contributed by atoms with Crippen LogP contribution in [0.15, 0.2) is 85.1 Å². The highest BCUT2D eigenvalue weighted by Crippen LogP contribution is 2.35. The van der Waals surface area contributed by atoms with Crippen LogP contribution >= 0.6 is 7.82 Å². The number of phosphoric ester groups is 1. The quantitative estimate of drug-likeness (QED) is 0.0169. The van der Waals surface area contributed by atoms with E-state index in [1.54, 1.807) is 6.08 Å². The summed E-state index contributed by atoms with van der Waals surface area (Å²) in [6.07, 6.45) is 43.1. The molecule has 0 aliphatic rings. The van der Waals surface area contributed by atoms with Gasteiger partial charge in [0.25, 0.3) is 0 Å². The summed E-state index contributed by atoms with van der Waals surface area (Å²) in [4.78, 5) is 54.8. The molecule has 10 heteroatoms. The van der Waals surface area contributed by atoms with E-state index in [1.807, 2.05) is 12.2 Å². The van der Waals surface area contributed by atoms with Crippen LogP contribution in [0.25, 0.3) is 0 Å². The summed E-state index contributed by atoms with van der Waals surface area (Å²) in [6.45, 7) is 3.29. The van der Waals surface area contributed by atoms with Gasteiger partial charge < -0.3 is 19.3 Å². The third-order valence-corrected chi connectivity index (χ3v) is 7.86. The largest absolute Gasteiger partial charge is 0.469 e.